The Kier molecular flexibility index (Phi) is 5.95. The minimum Gasteiger partial charge on any atom is -0.195 e. The van der Waals surface area contributed by atoms with Gasteiger partial charge in [0.25, 0.3) is 0 Å². The lowest BCUT2D eigenvalue weighted by Gasteiger charge is -2.07. The van der Waals surface area contributed by atoms with E-state index in [9.17, 15) is 12.3 Å². The van der Waals surface area contributed by atoms with E-state index >= 15 is 0 Å². The summed E-state index contributed by atoms with van der Waals surface area (Å²) in [5.41, 5.74) is 0. The van der Waals surface area contributed by atoms with Crippen LogP contribution < -0.4 is 0 Å². The van der Waals surface area contributed by atoms with Crippen LogP contribution in [0.1, 0.15) is 32.6 Å². The van der Waals surface area contributed by atoms with Crippen molar-refractivity contribution in [3.05, 3.63) is 12.7 Å². The molecule has 1 atom stereocenters. The topological polar surface area (TPSA) is 34.1 Å². The summed E-state index contributed by atoms with van der Waals surface area (Å²) in [6.45, 7) is 5.63. The zero-order valence-corrected chi connectivity index (χ0v) is 8.82. The van der Waals surface area contributed by atoms with Crippen molar-refractivity contribution in [3.63, 3.8) is 0 Å². The molecule has 1 unspecified atom stereocenters. The predicted molar refractivity (Wildman–Crippen MR) is 52.7 cm³/mol. The number of hydrogen-bond acceptors (Lipinski definition) is 2. The van der Waals surface area contributed by atoms with Gasteiger partial charge in [-0.15, -0.1) is 10.5 Å². The van der Waals surface area contributed by atoms with Crippen LogP contribution in [0, 0.1) is 5.92 Å². The molecule has 4 heteroatoms. The second kappa shape index (κ2) is 6.13. The van der Waals surface area contributed by atoms with Gasteiger partial charge in [-0.2, -0.15) is 8.42 Å². The van der Waals surface area contributed by atoms with Crippen molar-refractivity contribution in [1.29, 1.82) is 0 Å². The van der Waals surface area contributed by atoms with E-state index in [1.54, 1.807) is 0 Å². The Labute approximate surface area is 80.1 Å². The Morgan fingerprint density at radius 3 is 2.54 bits per heavy atom. The van der Waals surface area contributed by atoms with E-state index in [0.29, 0.717) is 12.3 Å². The maximum atomic E-state index is 12.0. The van der Waals surface area contributed by atoms with Crippen LogP contribution in [-0.4, -0.2) is 14.2 Å². The summed E-state index contributed by atoms with van der Waals surface area (Å²) in [6.07, 6.45) is 4.94. The summed E-state index contributed by atoms with van der Waals surface area (Å²) in [5.74, 6) is 0.102. The summed E-state index contributed by atoms with van der Waals surface area (Å²) >= 11 is 0. The lowest BCUT2D eigenvalue weighted by Crippen LogP contribution is -2.01. The van der Waals surface area contributed by atoms with Gasteiger partial charge in [-0.1, -0.05) is 13.0 Å². The molecule has 0 rings (SSSR count). The van der Waals surface area contributed by atoms with E-state index in [4.69, 9.17) is 0 Å². The summed E-state index contributed by atoms with van der Waals surface area (Å²) in [5, 5.41) is 0. The molecule has 0 fully saturated rings. The summed E-state index contributed by atoms with van der Waals surface area (Å²) < 4.78 is 32.3. The molecule has 0 aliphatic carbocycles. The molecule has 0 aromatic rings. The average Bonchev–Trinajstić information content (AvgIpc) is 1.98. The van der Waals surface area contributed by atoms with Gasteiger partial charge < -0.3 is 0 Å². The maximum Gasteiger partial charge on any atom is 0.302 e. The second-order valence-corrected chi connectivity index (χ2v) is 4.84. The molecule has 0 aliphatic heterocycles. The third-order valence-electron chi connectivity index (χ3n) is 1.95. The number of hydrogen-bond donors (Lipinski definition) is 0. The molecule has 13 heavy (non-hydrogen) atoms. The predicted octanol–water partition coefficient (Wildman–Crippen LogP) is 2.67. The SMILES string of the molecule is C=CCCC(C)CCCS(=O)(=O)F. The van der Waals surface area contributed by atoms with Crippen LogP contribution in [-0.2, 0) is 10.2 Å². The lowest BCUT2D eigenvalue weighted by molar-refractivity contribution is 0.484. The quantitative estimate of drug-likeness (QED) is 0.476. The molecule has 0 bridgehead atoms. The van der Waals surface area contributed by atoms with Crippen molar-refractivity contribution in [2.45, 2.75) is 32.6 Å². The molecule has 78 valence electrons. The number of rotatable bonds is 7. The monoisotopic (exact) mass is 208 g/mol. The van der Waals surface area contributed by atoms with Gasteiger partial charge in [0.05, 0.1) is 5.75 Å². The van der Waals surface area contributed by atoms with Crippen molar-refractivity contribution in [2.75, 3.05) is 5.75 Å². The minimum absolute atomic E-state index is 0.342. The highest BCUT2D eigenvalue weighted by molar-refractivity contribution is 7.86. The molecule has 0 radical (unpaired) electrons. The van der Waals surface area contributed by atoms with Gasteiger partial charge in [-0.05, 0) is 31.6 Å². The van der Waals surface area contributed by atoms with Crippen LogP contribution in [0.15, 0.2) is 12.7 Å². The summed E-state index contributed by atoms with van der Waals surface area (Å²) in [7, 11) is -4.26. The van der Waals surface area contributed by atoms with Crippen molar-refractivity contribution in [2.24, 2.45) is 5.92 Å². The molecule has 2 nitrogen and oxygen atoms in total. The molecular formula is C9H17FO2S. The first kappa shape index (κ1) is 12.6. The van der Waals surface area contributed by atoms with E-state index in [1.165, 1.54) is 0 Å². The van der Waals surface area contributed by atoms with Gasteiger partial charge in [-0.25, -0.2) is 0 Å². The number of allylic oxidation sites excluding steroid dienone is 1. The third kappa shape index (κ3) is 9.53. The molecular weight excluding hydrogens is 191 g/mol. The molecule has 0 saturated carbocycles. The van der Waals surface area contributed by atoms with Gasteiger partial charge in [0.2, 0.25) is 0 Å². The molecule has 0 heterocycles. The van der Waals surface area contributed by atoms with E-state index < -0.39 is 10.2 Å². The molecule has 0 N–H and O–H groups in total. The van der Waals surface area contributed by atoms with Crippen LogP contribution in [0.3, 0.4) is 0 Å². The van der Waals surface area contributed by atoms with Gasteiger partial charge in [-0.3, -0.25) is 0 Å². The maximum absolute atomic E-state index is 12.0. The molecule has 0 aliphatic rings. The number of halogens is 1. The first-order valence-corrected chi connectivity index (χ1v) is 6.04. The van der Waals surface area contributed by atoms with Crippen molar-refractivity contribution in [3.8, 4) is 0 Å². The van der Waals surface area contributed by atoms with Crippen molar-refractivity contribution >= 4 is 10.2 Å². The molecule has 0 amide bonds. The highest BCUT2D eigenvalue weighted by Gasteiger charge is 2.08. The average molecular weight is 208 g/mol. The Hall–Kier alpha value is -0.380. The van der Waals surface area contributed by atoms with Crippen LogP contribution in [0.4, 0.5) is 3.89 Å². The molecule has 0 spiro atoms. The van der Waals surface area contributed by atoms with Crippen LogP contribution in [0.2, 0.25) is 0 Å². The molecule has 0 saturated heterocycles. The highest BCUT2D eigenvalue weighted by atomic mass is 32.3. The molecule has 0 aromatic heterocycles. The standard InChI is InChI=1S/C9H17FO2S/c1-3-4-6-9(2)7-5-8-13(10,11)12/h3,9H,1,4-8H2,2H3. The fraction of sp³-hybridized carbons (Fsp3) is 0.778. The Morgan fingerprint density at radius 1 is 1.46 bits per heavy atom. The van der Waals surface area contributed by atoms with Crippen molar-refractivity contribution in [1.82, 2.24) is 0 Å². The van der Waals surface area contributed by atoms with E-state index in [-0.39, 0.29) is 5.75 Å². The van der Waals surface area contributed by atoms with E-state index in [1.807, 2.05) is 13.0 Å². The van der Waals surface area contributed by atoms with Gasteiger partial charge in [0, 0.05) is 0 Å². The largest absolute Gasteiger partial charge is 0.302 e. The normalized spacial score (nSPS) is 14.0. The van der Waals surface area contributed by atoms with Crippen molar-refractivity contribution < 1.29 is 12.3 Å². The van der Waals surface area contributed by atoms with Gasteiger partial charge >= 0.3 is 10.2 Å². The van der Waals surface area contributed by atoms with E-state index in [2.05, 4.69) is 6.58 Å². The third-order valence-corrected chi connectivity index (χ3v) is 2.72. The zero-order chi connectivity index (χ0) is 10.3. The second-order valence-electron chi connectivity index (χ2n) is 3.36. The highest BCUT2D eigenvalue weighted by Crippen LogP contribution is 2.13. The Bertz CT molecular complexity index is 234. The van der Waals surface area contributed by atoms with E-state index in [0.717, 1.165) is 19.3 Å². The summed E-state index contributed by atoms with van der Waals surface area (Å²) in [4.78, 5) is 0. The zero-order valence-electron chi connectivity index (χ0n) is 8.00. The Morgan fingerprint density at radius 2 is 2.08 bits per heavy atom. The Balaban J connectivity index is 3.47. The van der Waals surface area contributed by atoms with Gasteiger partial charge in [0.15, 0.2) is 0 Å². The van der Waals surface area contributed by atoms with Crippen LogP contribution in [0.5, 0.6) is 0 Å². The first-order chi connectivity index (χ1) is 5.95. The first-order valence-electron chi connectivity index (χ1n) is 4.49. The van der Waals surface area contributed by atoms with Crippen LogP contribution in [0.25, 0.3) is 0 Å². The minimum atomic E-state index is -4.26. The fourth-order valence-corrected chi connectivity index (χ4v) is 1.66. The smallest absolute Gasteiger partial charge is 0.195 e. The van der Waals surface area contributed by atoms with Crippen LogP contribution >= 0.6 is 0 Å². The lowest BCUT2D eigenvalue weighted by atomic mass is 10.0. The van der Waals surface area contributed by atoms with Gasteiger partial charge in [0.1, 0.15) is 0 Å². The molecule has 0 aromatic carbocycles. The fourth-order valence-electron chi connectivity index (χ4n) is 1.15. The summed E-state index contributed by atoms with van der Waals surface area (Å²) in [6, 6.07) is 0.